The van der Waals surface area contributed by atoms with Crippen molar-refractivity contribution in [2.75, 3.05) is 34.0 Å². The first kappa shape index (κ1) is 32.6. The molecule has 12 nitrogen and oxygen atoms in total. The summed E-state index contributed by atoms with van der Waals surface area (Å²) in [5, 5.41) is 8.67. The molecule has 0 aromatic heterocycles. The number of carboxylic acid groups (broad SMARTS) is 1. The predicted molar refractivity (Wildman–Crippen MR) is 153 cm³/mol. The highest BCUT2D eigenvalue weighted by atomic mass is 31.2. The summed E-state index contributed by atoms with van der Waals surface area (Å²) in [4.78, 5) is 32.4. The van der Waals surface area contributed by atoms with E-state index in [0.29, 0.717) is 29.4 Å². The van der Waals surface area contributed by atoms with Crippen LogP contribution in [0.1, 0.15) is 18.4 Å². The maximum Gasteiger partial charge on any atom is 0.472 e. The molecule has 0 bridgehead atoms. The number of carbonyl (C=O) groups is 2. The first-order chi connectivity index (χ1) is 20.1. The van der Waals surface area contributed by atoms with Crippen LogP contribution in [0.3, 0.4) is 0 Å². The van der Waals surface area contributed by atoms with Crippen LogP contribution < -0.4 is 19.9 Å². The van der Waals surface area contributed by atoms with Crippen molar-refractivity contribution in [1.82, 2.24) is 0 Å². The van der Waals surface area contributed by atoms with Crippen LogP contribution in [0.25, 0.3) is 11.1 Å². The zero-order valence-corrected chi connectivity index (χ0v) is 24.2. The van der Waals surface area contributed by atoms with E-state index in [2.05, 4.69) is 4.52 Å². The third kappa shape index (κ3) is 10.5. The van der Waals surface area contributed by atoms with Crippen LogP contribution in [0.4, 0.5) is 0 Å². The van der Waals surface area contributed by atoms with Gasteiger partial charge in [-0.1, -0.05) is 30.3 Å². The van der Waals surface area contributed by atoms with Crippen molar-refractivity contribution in [3.8, 4) is 34.1 Å². The van der Waals surface area contributed by atoms with Crippen LogP contribution in [0.15, 0.2) is 66.7 Å². The third-order valence-corrected chi connectivity index (χ3v) is 6.86. The molecule has 42 heavy (non-hydrogen) atoms. The van der Waals surface area contributed by atoms with Crippen molar-refractivity contribution in [2.45, 2.75) is 25.3 Å². The van der Waals surface area contributed by atoms with Gasteiger partial charge in [-0.2, -0.15) is 0 Å². The normalized spacial score (nSPS) is 13.0. The number of carboxylic acids is 1. The second-order valence-electron chi connectivity index (χ2n) is 8.95. The van der Waals surface area contributed by atoms with Gasteiger partial charge in [-0.25, -0.2) is 4.57 Å². The van der Waals surface area contributed by atoms with Crippen molar-refractivity contribution < 1.29 is 52.1 Å². The number of methoxy groups -OCH3 is 2. The van der Waals surface area contributed by atoms with Gasteiger partial charge in [-0.15, -0.1) is 0 Å². The van der Waals surface area contributed by atoms with Gasteiger partial charge in [0.1, 0.15) is 29.0 Å². The highest BCUT2D eigenvalue weighted by Crippen LogP contribution is 2.43. The highest BCUT2D eigenvalue weighted by molar-refractivity contribution is 7.47. The number of ether oxygens (including phenoxy) is 4. The van der Waals surface area contributed by atoms with Crippen molar-refractivity contribution in [2.24, 2.45) is 5.73 Å². The second kappa shape index (κ2) is 15.9. The fraction of sp³-hybridized carbons (Fsp3) is 0.310. The van der Waals surface area contributed by atoms with Crippen LogP contribution in [0.2, 0.25) is 0 Å². The Morgan fingerprint density at radius 2 is 1.55 bits per heavy atom. The quantitative estimate of drug-likeness (QED) is 0.112. The Morgan fingerprint density at radius 1 is 0.881 bits per heavy atom. The van der Waals surface area contributed by atoms with Crippen LogP contribution in [-0.2, 0) is 34.4 Å². The molecule has 0 saturated carbocycles. The Labute approximate surface area is 243 Å². The average molecular weight is 604 g/mol. The maximum absolute atomic E-state index is 12.2. The minimum atomic E-state index is -4.47. The minimum absolute atomic E-state index is 0.0445. The lowest BCUT2D eigenvalue weighted by atomic mass is 10.0. The Kier molecular flexibility index (Phi) is 12.3. The molecular weight excluding hydrogens is 569 g/mol. The fourth-order valence-electron chi connectivity index (χ4n) is 3.64. The zero-order chi connectivity index (χ0) is 30.5. The van der Waals surface area contributed by atoms with Crippen LogP contribution in [-0.4, -0.2) is 62.0 Å². The van der Waals surface area contributed by atoms with Gasteiger partial charge in [0.05, 0.1) is 34.0 Å². The molecule has 3 aromatic carbocycles. The number of carbonyl (C=O) groups excluding carboxylic acids is 1. The number of nitrogens with two attached hydrogens (primary N) is 1. The van der Waals surface area contributed by atoms with E-state index in [1.165, 1.54) is 0 Å². The summed E-state index contributed by atoms with van der Waals surface area (Å²) in [6, 6.07) is 19.1. The molecule has 0 radical (unpaired) electrons. The molecule has 0 heterocycles. The van der Waals surface area contributed by atoms with E-state index in [1.54, 1.807) is 20.3 Å². The molecule has 0 saturated heterocycles. The molecule has 13 heteroatoms. The number of hydrogen-bond acceptors (Lipinski definition) is 10. The molecule has 0 aliphatic carbocycles. The zero-order valence-electron chi connectivity index (χ0n) is 23.3. The lowest BCUT2D eigenvalue weighted by molar-refractivity contribution is -0.143. The number of esters is 1. The largest absolute Gasteiger partial charge is 0.497 e. The minimum Gasteiger partial charge on any atom is -0.497 e. The topological polar surface area (TPSA) is 173 Å². The van der Waals surface area contributed by atoms with Gasteiger partial charge >= 0.3 is 19.8 Å². The molecule has 2 atom stereocenters. The lowest BCUT2D eigenvalue weighted by Gasteiger charge is -2.14. The monoisotopic (exact) mass is 603 g/mol. The van der Waals surface area contributed by atoms with E-state index < -0.39 is 32.4 Å². The van der Waals surface area contributed by atoms with E-state index in [-0.39, 0.29) is 26.1 Å². The van der Waals surface area contributed by atoms with Gasteiger partial charge in [0, 0.05) is 18.9 Å². The molecule has 0 aliphatic heterocycles. The first-order valence-corrected chi connectivity index (χ1v) is 14.4. The van der Waals surface area contributed by atoms with Gasteiger partial charge in [0.25, 0.3) is 0 Å². The molecule has 0 spiro atoms. The van der Waals surface area contributed by atoms with Crippen LogP contribution in [0, 0.1) is 0 Å². The standard InChI is InChI=1S/C29H34NO11P/c1-36-24-16-22(17-25(18-24)37-2)20-8-11-23(12-9-20)41-27-7-4-3-6-21(27)10-13-28(31)38-14-5-15-39-42(34,35)40-19-26(30)29(32)33/h3-4,6-9,11-12,16-18,26H,5,10,13-15,19,30H2,1-2H3,(H,32,33)(H,34,35). The molecule has 226 valence electrons. The van der Waals surface area contributed by atoms with Gasteiger partial charge in [0.2, 0.25) is 0 Å². The number of aliphatic carboxylic acids is 1. The summed E-state index contributed by atoms with van der Waals surface area (Å²) in [5.41, 5.74) is 7.91. The fourth-order valence-corrected chi connectivity index (χ4v) is 4.43. The Balaban J connectivity index is 1.46. The Morgan fingerprint density at radius 3 is 2.19 bits per heavy atom. The van der Waals surface area contributed by atoms with E-state index in [0.717, 1.165) is 16.7 Å². The van der Waals surface area contributed by atoms with Gasteiger partial charge < -0.3 is 34.7 Å². The second-order valence-corrected chi connectivity index (χ2v) is 10.4. The van der Waals surface area contributed by atoms with Crippen molar-refractivity contribution in [3.63, 3.8) is 0 Å². The number of phosphoric ester groups is 1. The Bertz CT molecular complexity index is 1360. The summed E-state index contributed by atoms with van der Waals surface area (Å²) >= 11 is 0. The lowest BCUT2D eigenvalue weighted by Crippen LogP contribution is -2.34. The first-order valence-electron chi connectivity index (χ1n) is 13.0. The molecule has 4 N–H and O–H groups in total. The summed E-state index contributed by atoms with van der Waals surface area (Å²) in [7, 11) is -1.27. The molecule has 2 unspecified atom stereocenters. The molecule has 0 fully saturated rings. The van der Waals surface area contributed by atoms with Gasteiger partial charge in [-0.3, -0.25) is 18.6 Å². The number of hydrogen-bond donors (Lipinski definition) is 3. The van der Waals surface area contributed by atoms with Crippen LogP contribution in [0.5, 0.6) is 23.0 Å². The number of benzene rings is 3. The molecular formula is C29H34NO11P. The van der Waals surface area contributed by atoms with E-state index in [1.807, 2.05) is 60.7 Å². The number of rotatable bonds is 17. The number of para-hydroxylation sites is 1. The predicted octanol–water partition coefficient (Wildman–Crippen LogP) is 4.57. The van der Waals surface area contributed by atoms with Gasteiger partial charge in [-0.05, 0) is 53.4 Å². The van der Waals surface area contributed by atoms with Gasteiger partial charge in [0.15, 0.2) is 0 Å². The summed E-state index contributed by atoms with van der Waals surface area (Å²) in [6.07, 6.45) is 0.589. The van der Waals surface area contributed by atoms with Crippen molar-refractivity contribution >= 4 is 19.8 Å². The van der Waals surface area contributed by atoms with Crippen molar-refractivity contribution in [1.29, 1.82) is 0 Å². The summed E-state index contributed by atoms with van der Waals surface area (Å²) < 4.78 is 42.9. The molecule has 0 amide bonds. The summed E-state index contributed by atoms with van der Waals surface area (Å²) in [6.45, 7) is -0.977. The van der Waals surface area contributed by atoms with E-state index >= 15 is 0 Å². The number of phosphoric acid groups is 1. The molecule has 3 aromatic rings. The van der Waals surface area contributed by atoms with Crippen LogP contribution >= 0.6 is 7.82 Å². The SMILES string of the molecule is COc1cc(OC)cc(-c2ccc(Oc3ccccc3CCC(=O)OCCCOP(=O)(O)OCC(N)C(=O)O)cc2)c1. The summed E-state index contributed by atoms with van der Waals surface area (Å²) in [5.74, 6) is 0.767. The van der Waals surface area contributed by atoms with E-state index in [4.69, 9.17) is 34.3 Å². The highest BCUT2D eigenvalue weighted by Gasteiger charge is 2.24. The number of aryl methyl sites for hydroxylation is 1. The third-order valence-electron chi connectivity index (χ3n) is 5.88. The Hall–Kier alpha value is -3.93. The molecule has 3 rings (SSSR count). The molecule has 0 aliphatic rings. The van der Waals surface area contributed by atoms with Crippen molar-refractivity contribution in [3.05, 3.63) is 72.3 Å². The maximum atomic E-state index is 12.2. The average Bonchev–Trinajstić information content (AvgIpc) is 2.99. The van der Waals surface area contributed by atoms with E-state index in [9.17, 15) is 19.0 Å². The smallest absolute Gasteiger partial charge is 0.472 e.